The van der Waals surface area contributed by atoms with Crippen LogP contribution in [-0.2, 0) is 10.5 Å². The molecule has 1 heterocycles. The minimum absolute atomic E-state index is 0.691. The maximum Gasteiger partial charge on any atom is 0.202 e. The molecule has 0 aromatic carbocycles. The van der Waals surface area contributed by atoms with E-state index in [0.717, 1.165) is 34.9 Å². The predicted molar refractivity (Wildman–Crippen MR) is 71.3 cm³/mol. The number of hydrogen-bond donors (Lipinski definition) is 1. The normalized spacial score (nSPS) is 11.0. The van der Waals surface area contributed by atoms with Crippen molar-refractivity contribution in [3.8, 4) is 0 Å². The molecule has 0 amide bonds. The van der Waals surface area contributed by atoms with Crippen molar-refractivity contribution in [2.75, 3.05) is 31.3 Å². The first-order valence-electron chi connectivity index (χ1n) is 5.35. The molecule has 0 aliphatic rings. The van der Waals surface area contributed by atoms with E-state index in [1.807, 2.05) is 11.8 Å². The van der Waals surface area contributed by atoms with Gasteiger partial charge in [0.25, 0.3) is 0 Å². The molecule has 0 aliphatic heterocycles. The Morgan fingerprint density at radius 1 is 1.50 bits per heavy atom. The van der Waals surface area contributed by atoms with Gasteiger partial charge in [0.1, 0.15) is 0 Å². The van der Waals surface area contributed by atoms with Gasteiger partial charge < -0.3 is 10.1 Å². The number of hydrogen-bond acceptors (Lipinski definition) is 6. The number of aromatic nitrogens is 2. The van der Waals surface area contributed by atoms with Crippen molar-refractivity contribution in [1.29, 1.82) is 0 Å². The number of methoxy groups -OCH3 is 1. The van der Waals surface area contributed by atoms with Crippen LogP contribution in [0, 0.1) is 5.92 Å². The third-order valence-corrected chi connectivity index (χ3v) is 3.81. The number of anilines is 1. The zero-order chi connectivity index (χ0) is 11.8. The Morgan fingerprint density at radius 2 is 2.31 bits per heavy atom. The Bertz CT molecular complexity index is 291. The summed E-state index contributed by atoms with van der Waals surface area (Å²) in [5.41, 5.74) is 0. The summed E-state index contributed by atoms with van der Waals surface area (Å²) >= 11 is 3.30. The summed E-state index contributed by atoms with van der Waals surface area (Å²) in [4.78, 5) is 4.40. The molecule has 0 bridgehead atoms. The number of thioether (sulfide) groups is 1. The monoisotopic (exact) mass is 261 g/mol. The molecule has 0 spiro atoms. The first kappa shape index (κ1) is 13.7. The Morgan fingerprint density at radius 3 is 3.00 bits per heavy atom. The van der Waals surface area contributed by atoms with Crippen LogP contribution in [0.1, 0.15) is 19.7 Å². The van der Waals surface area contributed by atoms with E-state index in [2.05, 4.69) is 28.5 Å². The number of rotatable bonds is 8. The van der Waals surface area contributed by atoms with Gasteiger partial charge in [-0.2, -0.15) is 16.1 Å². The molecule has 16 heavy (non-hydrogen) atoms. The summed E-state index contributed by atoms with van der Waals surface area (Å²) in [6.45, 7) is 5.92. The SMILES string of the molecule is COCCNc1nc(CSCC(C)C)ns1. The fourth-order valence-corrected chi connectivity index (χ4v) is 2.62. The Balaban J connectivity index is 2.22. The molecule has 1 aromatic heterocycles. The van der Waals surface area contributed by atoms with Crippen LogP contribution in [0.4, 0.5) is 5.13 Å². The predicted octanol–water partition coefficient (Wildman–Crippen LogP) is 2.49. The van der Waals surface area contributed by atoms with E-state index in [0.29, 0.717) is 6.61 Å². The summed E-state index contributed by atoms with van der Waals surface area (Å²) in [5, 5.41) is 4.06. The zero-order valence-electron chi connectivity index (χ0n) is 10.0. The largest absolute Gasteiger partial charge is 0.383 e. The highest BCUT2D eigenvalue weighted by Crippen LogP contribution is 2.17. The van der Waals surface area contributed by atoms with E-state index in [9.17, 15) is 0 Å². The van der Waals surface area contributed by atoms with E-state index in [4.69, 9.17) is 4.74 Å². The smallest absolute Gasteiger partial charge is 0.202 e. The topological polar surface area (TPSA) is 47.0 Å². The van der Waals surface area contributed by atoms with E-state index in [1.165, 1.54) is 11.5 Å². The molecule has 6 heteroatoms. The van der Waals surface area contributed by atoms with Crippen LogP contribution in [0.25, 0.3) is 0 Å². The lowest BCUT2D eigenvalue weighted by Gasteiger charge is -2.01. The van der Waals surface area contributed by atoms with Crippen molar-refractivity contribution in [2.24, 2.45) is 5.92 Å². The minimum atomic E-state index is 0.691. The highest BCUT2D eigenvalue weighted by atomic mass is 32.2. The summed E-state index contributed by atoms with van der Waals surface area (Å²) < 4.78 is 9.25. The summed E-state index contributed by atoms with van der Waals surface area (Å²) in [7, 11) is 1.69. The molecule has 0 atom stereocenters. The lowest BCUT2D eigenvalue weighted by atomic mass is 10.3. The minimum Gasteiger partial charge on any atom is -0.383 e. The van der Waals surface area contributed by atoms with Gasteiger partial charge >= 0.3 is 0 Å². The Hall–Kier alpha value is -0.330. The number of ether oxygens (including phenoxy) is 1. The molecule has 1 aromatic rings. The Labute approximate surface area is 105 Å². The van der Waals surface area contributed by atoms with Gasteiger partial charge in [-0.1, -0.05) is 13.8 Å². The van der Waals surface area contributed by atoms with Crippen LogP contribution in [0.15, 0.2) is 0 Å². The van der Waals surface area contributed by atoms with Crippen molar-refractivity contribution in [1.82, 2.24) is 9.36 Å². The molecular formula is C10H19N3OS2. The van der Waals surface area contributed by atoms with E-state index < -0.39 is 0 Å². The van der Waals surface area contributed by atoms with Gasteiger partial charge in [0.15, 0.2) is 5.82 Å². The summed E-state index contributed by atoms with van der Waals surface area (Å²) in [5.74, 6) is 3.71. The van der Waals surface area contributed by atoms with Crippen molar-refractivity contribution in [3.63, 3.8) is 0 Å². The molecule has 0 radical (unpaired) electrons. The third-order valence-electron chi connectivity index (χ3n) is 1.73. The quantitative estimate of drug-likeness (QED) is 0.729. The maximum atomic E-state index is 4.95. The van der Waals surface area contributed by atoms with Crippen LogP contribution in [-0.4, -0.2) is 35.4 Å². The van der Waals surface area contributed by atoms with E-state index in [-0.39, 0.29) is 0 Å². The van der Waals surface area contributed by atoms with Gasteiger partial charge in [-0.15, -0.1) is 0 Å². The first-order valence-corrected chi connectivity index (χ1v) is 7.28. The van der Waals surface area contributed by atoms with Gasteiger partial charge in [0.05, 0.1) is 12.4 Å². The van der Waals surface area contributed by atoms with Crippen molar-refractivity contribution >= 4 is 28.4 Å². The molecule has 0 aliphatic carbocycles. The van der Waals surface area contributed by atoms with Crippen molar-refractivity contribution < 1.29 is 4.74 Å². The Kier molecular flexibility index (Phi) is 6.75. The van der Waals surface area contributed by atoms with Crippen LogP contribution < -0.4 is 5.32 Å². The van der Waals surface area contributed by atoms with Gasteiger partial charge in [0.2, 0.25) is 5.13 Å². The van der Waals surface area contributed by atoms with E-state index >= 15 is 0 Å². The first-order chi connectivity index (χ1) is 7.72. The molecular weight excluding hydrogens is 242 g/mol. The lowest BCUT2D eigenvalue weighted by Crippen LogP contribution is -2.07. The number of nitrogens with one attached hydrogen (secondary N) is 1. The second kappa shape index (κ2) is 7.86. The van der Waals surface area contributed by atoms with Gasteiger partial charge in [-0.05, 0) is 11.7 Å². The fourth-order valence-electron chi connectivity index (χ4n) is 1.03. The van der Waals surface area contributed by atoms with Gasteiger partial charge in [-0.3, -0.25) is 0 Å². The second-order valence-corrected chi connectivity index (χ2v) is 5.63. The van der Waals surface area contributed by atoms with Crippen LogP contribution in [0.3, 0.4) is 0 Å². The van der Waals surface area contributed by atoms with Crippen molar-refractivity contribution in [3.05, 3.63) is 5.82 Å². The molecule has 0 saturated heterocycles. The zero-order valence-corrected chi connectivity index (χ0v) is 11.7. The highest BCUT2D eigenvalue weighted by molar-refractivity contribution is 7.98. The van der Waals surface area contributed by atoms with Crippen LogP contribution in [0.2, 0.25) is 0 Å². The highest BCUT2D eigenvalue weighted by Gasteiger charge is 2.04. The average Bonchev–Trinajstić information content (AvgIpc) is 2.66. The van der Waals surface area contributed by atoms with Crippen LogP contribution in [0.5, 0.6) is 0 Å². The van der Waals surface area contributed by atoms with Gasteiger partial charge in [-0.25, -0.2) is 4.98 Å². The third kappa shape index (κ3) is 5.67. The lowest BCUT2D eigenvalue weighted by molar-refractivity contribution is 0.211. The molecule has 0 unspecified atom stereocenters. The summed E-state index contributed by atoms with van der Waals surface area (Å²) in [6, 6.07) is 0. The number of nitrogens with zero attached hydrogens (tertiary/aromatic N) is 2. The van der Waals surface area contributed by atoms with Crippen LogP contribution >= 0.6 is 23.3 Å². The average molecular weight is 261 g/mol. The molecule has 1 N–H and O–H groups in total. The summed E-state index contributed by atoms with van der Waals surface area (Å²) in [6.07, 6.45) is 0. The molecule has 4 nitrogen and oxygen atoms in total. The molecule has 0 saturated carbocycles. The fraction of sp³-hybridized carbons (Fsp3) is 0.800. The molecule has 1 rings (SSSR count). The maximum absolute atomic E-state index is 4.95. The molecule has 92 valence electrons. The second-order valence-electron chi connectivity index (χ2n) is 3.84. The molecule has 0 fully saturated rings. The van der Waals surface area contributed by atoms with E-state index in [1.54, 1.807) is 7.11 Å². The van der Waals surface area contributed by atoms with Gasteiger partial charge in [0, 0.05) is 25.2 Å². The van der Waals surface area contributed by atoms with Crippen molar-refractivity contribution in [2.45, 2.75) is 19.6 Å². The standard InChI is InChI=1S/C10H19N3OS2/c1-8(2)6-15-7-9-12-10(16-13-9)11-4-5-14-3/h8H,4-7H2,1-3H3,(H,11,12,13).